The number of hydrogen-bond donors (Lipinski definition) is 0. The molecule has 0 radical (unpaired) electrons. The first-order valence-corrected chi connectivity index (χ1v) is 17.9. The maximum atomic E-state index is 2.45. The van der Waals surface area contributed by atoms with Crippen molar-refractivity contribution in [2.24, 2.45) is 0 Å². The van der Waals surface area contributed by atoms with Crippen LogP contribution in [0, 0.1) is 0 Å². The Morgan fingerprint density at radius 3 is 1.36 bits per heavy atom. The molecule has 0 fully saturated rings. The van der Waals surface area contributed by atoms with Crippen molar-refractivity contribution in [3.8, 4) is 44.5 Å². The Kier molecular flexibility index (Phi) is 7.72. The van der Waals surface area contributed by atoms with Crippen LogP contribution < -0.4 is 0 Å². The monoisotopic (exact) mass is 644 g/mol. The van der Waals surface area contributed by atoms with Crippen LogP contribution in [0.3, 0.4) is 0 Å². The Bertz CT molecular complexity index is 2490. The Balaban J connectivity index is 1.56. The van der Waals surface area contributed by atoms with Gasteiger partial charge in [-0.05, 0) is 111 Å². The second kappa shape index (κ2) is 12.1. The van der Waals surface area contributed by atoms with E-state index in [1.807, 2.05) is 0 Å². The predicted octanol–water partition coefficient (Wildman–Crippen LogP) is 14.4. The lowest BCUT2D eigenvalue weighted by atomic mass is 9.80. The largest absolute Gasteiger partial charge is 0.0622 e. The van der Waals surface area contributed by atoms with Gasteiger partial charge in [0.25, 0.3) is 0 Å². The molecule has 8 aromatic carbocycles. The molecule has 0 heteroatoms. The average molecular weight is 645 g/mol. The molecule has 8 aromatic rings. The van der Waals surface area contributed by atoms with Crippen LogP contribution in [-0.4, -0.2) is 0 Å². The van der Waals surface area contributed by atoms with Crippen molar-refractivity contribution in [3.63, 3.8) is 0 Å². The highest BCUT2D eigenvalue weighted by Gasteiger charge is 2.22. The molecule has 0 saturated carbocycles. The standard InChI is InChI=1S/C50H44/c1-49(2,3)39-26-21-33(22-27-39)42-30-25-38-32-43-44(31-37-19-13-14-20-41(37)45(43)34-15-9-7-10-16-34)47(35-17-11-8-12-18-35)48(38)46(42)36-23-28-40(29-24-36)50(4,5)6/h7-32H,1-6H3. The third kappa shape index (κ3) is 5.60. The molecule has 0 aliphatic heterocycles. The minimum atomic E-state index is 0.0726. The lowest BCUT2D eigenvalue weighted by Crippen LogP contribution is -2.10. The first-order chi connectivity index (χ1) is 24.1. The summed E-state index contributed by atoms with van der Waals surface area (Å²) in [5, 5.41) is 7.61. The van der Waals surface area contributed by atoms with Crippen molar-refractivity contribution in [2.45, 2.75) is 52.4 Å². The second-order valence-corrected chi connectivity index (χ2v) is 15.8. The van der Waals surface area contributed by atoms with Crippen molar-refractivity contribution < 1.29 is 0 Å². The van der Waals surface area contributed by atoms with Gasteiger partial charge in [-0.15, -0.1) is 0 Å². The van der Waals surface area contributed by atoms with Crippen LogP contribution in [-0.2, 0) is 10.8 Å². The molecule has 0 amide bonds. The fourth-order valence-corrected chi connectivity index (χ4v) is 7.67. The van der Waals surface area contributed by atoms with E-state index in [2.05, 4.69) is 199 Å². The minimum absolute atomic E-state index is 0.0726. The summed E-state index contributed by atoms with van der Waals surface area (Å²) >= 11 is 0. The first kappa shape index (κ1) is 31.8. The summed E-state index contributed by atoms with van der Waals surface area (Å²) in [7, 11) is 0. The quantitative estimate of drug-likeness (QED) is 0.167. The van der Waals surface area contributed by atoms with Gasteiger partial charge in [0.15, 0.2) is 0 Å². The highest BCUT2D eigenvalue weighted by atomic mass is 14.3. The van der Waals surface area contributed by atoms with E-state index in [1.54, 1.807) is 0 Å². The molecule has 0 bridgehead atoms. The van der Waals surface area contributed by atoms with Crippen molar-refractivity contribution in [3.05, 3.63) is 169 Å². The summed E-state index contributed by atoms with van der Waals surface area (Å²) in [5.41, 5.74) is 12.9. The van der Waals surface area contributed by atoms with E-state index in [-0.39, 0.29) is 10.8 Å². The second-order valence-electron chi connectivity index (χ2n) is 15.8. The Hall–Kier alpha value is -5.46. The van der Waals surface area contributed by atoms with E-state index >= 15 is 0 Å². The van der Waals surface area contributed by atoms with Crippen LogP contribution >= 0.6 is 0 Å². The minimum Gasteiger partial charge on any atom is -0.0622 e. The summed E-state index contributed by atoms with van der Waals surface area (Å²) in [6, 6.07) is 59.0. The lowest BCUT2D eigenvalue weighted by molar-refractivity contribution is 0.590. The SMILES string of the molecule is CC(C)(C)c1ccc(-c2ccc3cc4c(-c5ccccc5)c5ccccc5cc4c(-c4ccccc4)c3c2-c2ccc(C(C)(C)C)cc2)cc1. The van der Waals surface area contributed by atoms with Gasteiger partial charge in [0.1, 0.15) is 0 Å². The number of benzene rings is 8. The van der Waals surface area contributed by atoms with Crippen molar-refractivity contribution in [2.75, 3.05) is 0 Å². The molecule has 0 aromatic heterocycles. The van der Waals surface area contributed by atoms with Gasteiger partial charge in [0.2, 0.25) is 0 Å². The van der Waals surface area contributed by atoms with Crippen molar-refractivity contribution in [1.29, 1.82) is 0 Å². The van der Waals surface area contributed by atoms with Gasteiger partial charge >= 0.3 is 0 Å². The van der Waals surface area contributed by atoms with Gasteiger partial charge in [-0.3, -0.25) is 0 Å². The van der Waals surface area contributed by atoms with Crippen LogP contribution in [0.4, 0.5) is 0 Å². The molecule has 0 unspecified atom stereocenters. The summed E-state index contributed by atoms with van der Waals surface area (Å²) in [4.78, 5) is 0. The van der Waals surface area contributed by atoms with Gasteiger partial charge in [-0.1, -0.05) is 187 Å². The Morgan fingerprint density at radius 1 is 0.320 bits per heavy atom. The van der Waals surface area contributed by atoms with Crippen LogP contribution in [0.2, 0.25) is 0 Å². The zero-order valence-corrected chi connectivity index (χ0v) is 30.0. The van der Waals surface area contributed by atoms with Gasteiger partial charge in [0, 0.05) is 0 Å². The highest BCUT2D eigenvalue weighted by Crippen LogP contribution is 2.49. The number of rotatable bonds is 4. The molecule has 50 heavy (non-hydrogen) atoms. The third-order valence-corrected chi connectivity index (χ3v) is 10.4. The summed E-state index contributed by atoms with van der Waals surface area (Å²) in [5.74, 6) is 0. The molecule has 0 aliphatic rings. The topological polar surface area (TPSA) is 0 Å². The van der Waals surface area contributed by atoms with Gasteiger partial charge in [-0.2, -0.15) is 0 Å². The maximum absolute atomic E-state index is 2.45. The van der Waals surface area contributed by atoms with E-state index in [0.29, 0.717) is 0 Å². The van der Waals surface area contributed by atoms with E-state index in [0.717, 1.165) is 0 Å². The molecule has 0 N–H and O–H groups in total. The van der Waals surface area contributed by atoms with Crippen LogP contribution in [0.15, 0.2) is 158 Å². The molecule has 0 heterocycles. The molecule has 244 valence electrons. The highest BCUT2D eigenvalue weighted by molar-refractivity contribution is 6.25. The molecular formula is C50H44. The summed E-state index contributed by atoms with van der Waals surface area (Å²) < 4.78 is 0. The zero-order valence-electron chi connectivity index (χ0n) is 30.0. The van der Waals surface area contributed by atoms with E-state index < -0.39 is 0 Å². The Labute approximate surface area is 297 Å². The number of fused-ring (bicyclic) bond motifs is 3. The molecular weight excluding hydrogens is 601 g/mol. The normalized spacial score (nSPS) is 12.2. The molecule has 0 spiro atoms. The molecule has 0 nitrogen and oxygen atoms in total. The summed E-state index contributed by atoms with van der Waals surface area (Å²) in [6.45, 7) is 13.7. The lowest BCUT2D eigenvalue weighted by Gasteiger charge is -2.23. The molecule has 0 atom stereocenters. The first-order valence-electron chi connectivity index (χ1n) is 17.9. The van der Waals surface area contributed by atoms with E-state index in [9.17, 15) is 0 Å². The van der Waals surface area contributed by atoms with Gasteiger partial charge < -0.3 is 0 Å². The molecule has 0 aliphatic carbocycles. The third-order valence-electron chi connectivity index (χ3n) is 10.4. The van der Waals surface area contributed by atoms with Crippen molar-refractivity contribution >= 4 is 32.3 Å². The van der Waals surface area contributed by atoms with Gasteiger partial charge in [0.05, 0.1) is 0 Å². The van der Waals surface area contributed by atoms with Crippen LogP contribution in [0.5, 0.6) is 0 Å². The van der Waals surface area contributed by atoms with E-state index in [4.69, 9.17) is 0 Å². The van der Waals surface area contributed by atoms with Crippen molar-refractivity contribution in [1.82, 2.24) is 0 Å². The molecule has 0 saturated heterocycles. The van der Waals surface area contributed by atoms with Crippen LogP contribution in [0.25, 0.3) is 76.8 Å². The fraction of sp³-hybridized carbons (Fsp3) is 0.160. The predicted molar refractivity (Wildman–Crippen MR) is 218 cm³/mol. The van der Waals surface area contributed by atoms with Crippen LogP contribution in [0.1, 0.15) is 52.7 Å². The smallest absolute Gasteiger partial charge is 0.00141 e. The Morgan fingerprint density at radius 2 is 0.780 bits per heavy atom. The zero-order chi connectivity index (χ0) is 34.6. The number of hydrogen-bond acceptors (Lipinski definition) is 0. The molecule has 8 rings (SSSR count). The fourth-order valence-electron chi connectivity index (χ4n) is 7.67. The average Bonchev–Trinajstić information content (AvgIpc) is 3.12. The summed E-state index contributed by atoms with van der Waals surface area (Å²) in [6.07, 6.45) is 0. The maximum Gasteiger partial charge on any atom is -0.00141 e. The van der Waals surface area contributed by atoms with Gasteiger partial charge in [-0.25, -0.2) is 0 Å². The van der Waals surface area contributed by atoms with E-state index in [1.165, 1.54) is 88.0 Å².